The Hall–Kier alpha value is -1.41. The zero-order chi connectivity index (χ0) is 13.6. The number of ether oxygens (including phenoxy) is 1. The van der Waals surface area contributed by atoms with Gasteiger partial charge in [-0.2, -0.15) is 13.2 Å². The standard InChI is InChI=1S/C12H9ClF4O/c13-6-1-2-9-3-4-10(14)11(8-9)18-7-5-12(15,16)17/h3-4,8H,5-7H2. The van der Waals surface area contributed by atoms with E-state index in [4.69, 9.17) is 16.3 Å². The first-order valence-corrected chi connectivity index (χ1v) is 5.50. The monoisotopic (exact) mass is 280 g/mol. The normalized spacial score (nSPS) is 10.7. The van der Waals surface area contributed by atoms with Gasteiger partial charge in [0, 0.05) is 5.56 Å². The summed E-state index contributed by atoms with van der Waals surface area (Å²) in [5.74, 6) is 4.30. The van der Waals surface area contributed by atoms with E-state index < -0.39 is 25.0 Å². The van der Waals surface area contributed by atoms with E-state index in [1.165, 1.54) is 12.1 Å². The second-order valence-electron chi connectivity index (χ2n) is 3.29. The molecule has 0 atom stereocenters. The third-order valence-electron chi connectivity index (χ3n) is 1.87. The zero-order valence-electron chi connectivity index (χ0n) is 9.15. The molecule has 1 nitrogen and oxygen atoms in total. The molecule has 0 aromatic heterocycles. The van der Waals surface area contributed by atoms with Crippen molar-refractivity contribution in [1.82, 2.24) is 0 Å². The van der Waals surface area contributed by atoms with E-state index >= 15 is 0 Å². The summed E-state index contributed by atoms with van der Waals surface area (Å²) in [7, 11) is 0. The smallest absolute Gasteiger partial charge is 0.392 e. The zero-order valence-corrected chi connectivity index (χ0v) is 9.91. The van der Waals surface area contributed by atoms with Crippen LogP contribution in [0.25, 0.3) is 0 Å². The minimum Gasteiger partial charge on any atom is -0.490 e. The van der Waals surface area contributed by atoms with Crippen LogP contribution in [0.4, 0.5) is 17.6 Å². The van der Waals surface area contributed by atoms with E-state index in [9.17, 15) is 17.6 Å². The Balaban J connectivity index is 2.69. The van der Waals surface area contributed by atoms with Crippen molar-refractivity contribution in [3.8, 4) is 17.6 Å². The van der Waals surface area contributed by atoms with Gasteiger partial charge in [-0.3, -0.25) is 0 Å². The maximum absolute atomic E-state index is 13.2. The first-order valence-electron chi connectivity index (χ1n) is 4.96. The van der Waals surface area contributed by atoms with E-state index in [-0.39, 0.29) is 11.6 Å². The van der Waals surface area contributed by atoms with Crippen molar-refractivity contribution < 1.29 is 22.3 Å². The Morgan fingerprint density at radius 3 is 2.61 bits per heavy atom. The van der Waals surface area contributed by atoms with Crippen molar-refractivity contribution in [2.75, 3.05) is 12.5 Å². The molecular formula is C12H9ClF4O. The number of benzene rings is 1. The molecule has 0 aliphatic heterocycles. The molecule has 98 valence electrons. The topological polar surface area (TPSA) is 9.23 Å². The van der Waals surface area contributed by atoms with Crippen LogP contribution in [-0.2, 0) is 0 Å². The number of halogens is 5. The molecule has 0 amide bonds. The highest BCUT2D eigenvalue weighted by Gasteiger charge is 2.27. The largest absolute Gasteiger partial charge is 0.490 e. The lowest BCUT2D eigenvalue weighted by Crippen LogP contribution is -2.13. The highest BCUT2D eigenvalue weighted by Crippen LogP contribution is 2.22. The number of hydrogen-bond donors (Lipinski definition) is 0. The molecule has 0 aliphatic rings. The predicted molar refractivity (Wildman–Crippen MR) is 60.2 cm³/mol. The summed E-state index contributed by atoms with van der Waals surface area (Å²) in [5, 5.41) is 0. The molecule has 0 bridgehead atoms. The minimum atomic E-state index is -4.33. The molecule has 18 heavy (non-hydrogen) atoms. The third-order valence-corrected chi connectivity index (χ3v) is 2.01. The van der Waals surface area contributed by atoms with E-state index in [1.54, 1.807) is 0 Å². The van der Waals surface area contributed by atoms with Gasteiger partial charge in [0.1, 0.15) is 0 Å². The molecule has 0 saturated heterocycles. The first-order chi connectivity index (χ1) is 8.42. The highest BCUT2D eigenvalue weighted by molar-refractivity contribution is 6.19. The maximum atomic E-state index is 13.2. The summed E-state index contributed by atoms with van der Waals surface area (Å²) < 4.78 is 53.7. The van der Waals surface area contributed by atoms with Crippen molar-refractivity contribution in [1.29, 1.82) is 0 Å². The van der Waals surface area contributed by atoms with Crippen molar-refractivity contribution in [2.45, 2.75) is 12.6 Å². The van der Waals surface area contributed by atoms with Gasteiger partial charge in [-0.25, -0.2) is 4.39 Å². The van der Waals surface area contributed by atoms with Gasteiger partial charge in [-0.1, -0.05) is 11.8 Å². The maximum Gasteiger partial charge on any atom is 0.392 e. The summed E-state index contributed by atoms with van der Waals surface area (Å²) in [6.45, 7) is -0.632. The van der Waals surface area contributed by atoms with Gasteiger partial charge in [-0.15, -0.1) is 11.6 Å². The van der Waals surface area contributed by atoms with Crippen molar-refractivity contribution in [3.63, 3.8) is 0 Å². The summed E-state index contributed by atoms with van der Waals surface area (Å²) >= 11 is 5.35. The molecular weight excluding hydrogens is 272 g/mol. The third kappa shape index (κ3) is 5.28. The van der Waals surface area contributed by atoms with Gasteiger partial charge in [0.2, 0.25) is 0 Å². The minimum absolute atomic E-state index is 0.113. The van der Waals surface area contributed by atoms with Gasteiger partial charge in [0.15, 0.2) is 11.6 Å². The molecule has 0 spiro atoms. The number of alkyl halides is 4. The fourth-order valence-corrected chi connectivity index (χ4v) is 1.17. The molecule has 1 aromatic rings. The average Bonchev–Trinajstić information content (AvgIpc) is 2.28. The van der Waals surface area contributed by atoms with Gasteiger partial charge >= 0.3 is 6.18 Å². The van der Waals surface area contributed by atoms with Crippen LogP contribution in [0.1, 0.15) is 12.0 Å². The van der Waals surface area contributed by atoms with Gasteiger partial charge < -0.3 is 4.74 Å². The molecule has 0 aliphatic carbocycles. The SMILES string of the molecule is Fc1ccc(C#CCCl)cc1OCCC(F)(F)F. The van der Waals surface area contributed by atoms with Crippen LogP contribution in [0.2, 0.25) is 0 Å². The summed E-state index contributed by atoms with van der Waals surface area (Å²) in [4.78, 5) is 0. The quantitative estimate of drug-likeness (QED) is 0.465. The molecule has 0 heterocycles. The molecule has 0 fully saturated rings. The molecule has 0 N–H and O–H groups in total. The van der Waals surface area contributed by atoms with E-state index in [2.05, 4.69) is 11.8 Å². The van der Waals surface area contributed by atoms with Crippen LogP contribution in [-0.4, -0.2) is 18.7 Å². The summed E-state index contributed by atoms with van der Waals surface area (Å²) in [6, 6.07) is 3.72. The molecule has 6 heteroatoms. The Labute approximate surface area is 107 Å². The molecule has 1 aromatic carbocycles. The second-order valence-corrected chi connectivity index (χ2v) is 3.56. The van der Waals surface area contributed by atoms with Crippen LogP contribution >= 0.6 is 11.6 Å². The van der Waals surface area contributed by atoms with Crippen molar-refractivity contribution in [2.24, 2.45) is 0 Å². The Bertz CT molecular complexity index is 459. The lowest BCUT2D eigenvalue weighted by atomic mass is 10.2. The molecule has 0 unspecified atom stereocenters. The van der Waals surface area contributed by atoms with Gasteiger partial charge in [0.05, 0.1) is 18.9 Å². The molecule has 1 rings (SSSR count). The van der Waals surface area contributed by atoms with Crippen LogP contribution in [0, 0.1) is 17.7 Å². The molecule has 0 radical (unpaired) electrons. The average molecular weight is 281 g/mol. The fraction of sp³-hybridized carbons (Fsp3) is 0.333. The van der Waals surface area contributed by atoms with Crippen LogP contribution in [0.5, 0.6) is 5.75 Å². The van der Waals surface area contributed by atoms with Gasteiger partial charge in [0.25, 0.3) is 0 Å². The summed E-state index contributed by atoms with van der Waals surface area (Å²) in [5.41, 5.74) is 0.430. The van der Waals surface area contributed by atoms with Gasteiger partial charge in [-0.05, 0) is 18.2 Å². The van der Waals surface area contributed by atoms with Crippen molar-refractivity contribution in [3.05, 3.63) is 29.6 Å². The fourth-order valence-electron chi connectivity index (χ4n) is 1.10. The number of rotatable bonds is 3. The second kappa shape index (κ2) is 6.50. The van der Waals surface area contributed by atoms with Crippen LogP contribution in [0.15, 0.2) is 18.2 Å². The van der Waals surface area contributed by atoms with Crippen molar-refractivity contribution >= 4 is 11.6 Å². The van der Waals surface area contributed by atoms with Crippen LogP contribution < -0.4 is 4.74 Å². The highest BCUT2D eigenvalue weighted by atomic mass is 35.5. The predicted octanol–water partition coefficient (Wildman–Crippen LogP) is 3.75. The Morgan fingerprint density at radius 2 is 2.00 bits per heavy atom. The van der Waals surface area contributed by atoms with E-state index in [0.29, 0.717) is 5.56 Å². The lowest BCUT2D eigenvalue weighted by Gasteiger charge is -2.09. The first kappa shape index (κ1) is 14.7. The number of hydrogen-bond acceptors (Lipinski definition) is 1. The lowest BCUT2D eigenvalue weighted by molar-refractivity contribution is -0.139. The summed E-state index contributed by atoms with van der Waals surface area (Å²) in [6.07, 6.45) is -5.46. The van der Waals surface area contributed by atoms with E-state index in [1.807, 2.05) is 0 Å². The van der Waals surface area contributed by atoms with Crippen LogP contribution in [0.3, 0.4) is 0 Å². The Morgan fingerprint density at radius 1 is 1.28 bits per heavy atom. The van der Waals surface area contributed by atoms with E-state index in [0.717, 1.165) is 6.07 Å². The Kier molecular flexibility index (Phi) is 5.29. The molecule has 0 saturated carbocycles.